The van der Waals surface area contributed by atoms with Gasteiger partial charge in [-0.05, 0) is 12.1 Å². The maximum atomic E-state index is 10.6. The molecular weight excluding hydrogens is 326 g/mol. The van der Waals surface area contributed by atoms with Crippen molar-refractivity contribution in [1.29, 1.82) is 0 Å². The van der Waals surface area contributed by atoms with E-state index in [-0.39, 0.29) is 11.6 Å². The summed E-state index contributed by atoms with van der Waals surface area (Å²) in [6.07, 6.45) is -0.0902. The lowest BCUT2D eigenvalue weighted by atomic mass is 10.2. The minimum absolute atomic E-state index is 0.0902. The molecule has 6 heteroatoms. The van der Waals surface area contributed by atoms with Crippen LogP contribution in [0.2, 0.25) is 5.15 Å². The molecule has 2 aromatic rings. The van der Waals surface area contributed by atoms with Crippen LogP contribution in [0.25, 0.3) is 10.6 Å². The molecule has 0 fully saturated rings. The first-order valence-corrected chi connectivity index (χ1v) is 6.68. The van der Waals surface area contributed by atoms with Crippen molar-refractivity contribution in [2.24, 2.45) is 0 Å². The molecule has 0 amide bonds. The number of benzene rings is 1. The van der Waals surface area contributed by atoms with Crippen molar-refractivity contribution < 1.29 is 9.90 Å². The fourth-order valence-electron chi connectivity index (χ4n) is 1.30. The number of halogens is 2. The van der Waals surface area contributed by atoms with Gasteiger partial charge in [0.25, 0.3) is 0 Å². The van der Waals surface area contributed by atoms with Crippen LogP contribution < -0.4 is 0 Å². The summed E-state index contributed by atoms with van der Waals surface area (Å²) in [4.78, 5) is 15.4. The fourth-order valence-corrected chi connectivity index (χ4v) is 2.83. The first-order valence-electron chi connectivity index (χ1n) is 4.69. The van der Waals surface area contributed by atoms with Crippen molar-refractivity contribution in [3.8, 4) is 10.6 Å². The molecule has 0 spiro atoms. The number of hydrogen-bond acceptors (Lipinski definition) is 3. The molecule has 0 radical (unpaired) electrons. The van der Waals surface area contributed by atoms with Gasteiger partial charge in [0.2, 0.25) is 0 Å². The first kappa shape index (κ1) is 12.5. The lowest BCUT2D eigenvalue weighted by molar-refractivity contribution is -0.136. The number of hydrogen-bond donors (Lipinski definition) is 1. The fraction of sp³-hybridized carbons (Fsp3) is 0.0909. The van der Waals surface area contributed by atoms with E-state index in [4.69, 9.17) is 16.7 Å². The zero-order valence-electron chi connectivity index (χ0n) is 8.48. The summed E-state index contributed by atoms with van der Waals surface area (Å²) in [5.41, 5.74) is 0.928. The monoisotopic (exact) mass is 331 g/mol. The molecule has 0 unspecified atom stereocenters. The van der Waals surface area contributed by atoms with E-state index >= 15 is 0 Å². The van der Waals surface area contributed by atoms with E-state index < -0.39 is 5.97 Å². The molecule has 1 heterocycles. The molecule has 0 aliphatic rings. The second kappa shape index (κ2) is 5.16. The maximum absolute atomic E-state index is 10.6. The van der Waals surface area contributed by atoms with Crippen LogP contribution in [0.5, 0.6) is 0 Å². The van der Waals surface area contributed by atoms with E-state index in [9.17, 15) is 4.79 Å². The van der Waals surface area contributed by atoms with Gasteiger partial charge in [-0.3, -0.25) is 4.79 Å². The molecule has 3 nitrogen and oxygen atoms in total. The van der Waals surface area contributed by atoms with Crippen LogP contribution in [0.3, 0.4) is 0 Å². The third kappa shape index (κ3) is 3.06. The summed E-state index contributed by atoms with van der Waals surface area (Å²) in [6, 6.07) is 7.62. The minimum atomic E-state index is -0.905. The van der Waals surface area contributed by atoms with Crippen LogP contribution in [0.1, 0.15) is 4.88 Å². The van der Waals surface area contributed by atoms with Crippen molar-refractivity contribution in [2.45, 2.75) is 6.42 Å². The Hall–Kier alpha value is -0.910. The average Bonchev–Trinajstić information content (AvgIpc) is 2.60. The van der Waals surface area contributed by atoms with E-state index in [2.05, 4.69) is 20.9 Å². The van der Waals surface area contributed by atoms with Crippen LogP contribution in [-0.4, -0.2) is 16.1 Å². The number of aromatic nitrogens is 1. The Morgan fingerprint density at radius 2 is 2.06 bits per heavy atom. The van der Waals surface area contributed by atoms with Crippen molar-refractivity contribution in [1.82, 2.24) is 4.98 Å². The van der Waals surface area contributed by atoms with Crippen molar-refractivity contribution >= 4 is 44.8 Å². The van der Waals surface area contributed by atoms with E-state index in [1.165, 1.54) is 11.3 Å². The number of carboxylic acid groups (broad SMARTS) is 1. The van der Waals surface area contributed by atoms with Crippen LogP contribution in [-0.2, 0) is 11.2 Å². The highest BCUT2D eigenvalue weighted by molar-refractivity contribution is 9.10. The molecule has 0 atom stereocenters. The predicted octanol–water partition coefficient (Wildman–Crippen LogP) is 3.85. The molecule has 1 N–H and O–H groups in total. The summed E-state index contributed by atoms with van der Waals surface area (Å²) >= 11 is 10.6. The van der Waals surface area contributed by atoms with Gasteiger partial charge in [0.15, 0.2) is 0 Å². The van der Waals surface area contributed by atoms with Crippen LogP contribution in [0.15, 0.2) is 28.7 Å². The van der Waals surface area contributed by atoms with E-state index in [1.807, 2.05) is 24.3 Å². The molecule has 0 saturated heterocycles. The molecule has 2 rings (SSSR count). The maximum Gasteiger partial charge on any atom is 0.308 e. The Bertz CT molecular complexity index is 553. The van der Waals surface area contributed by atoms with Crippen molar-refractivity contribution in [2.75, 3.05) is 0 Å². The molecule has 88 valence electrons. The summed E-state index contributed by atoms with van der Waals surface area (Å²) in [6.45, 7) is 0. The minimum Gasteiger partial charge on any atom is -0.481 e. The highest BCUT2D eigenvalue weighted by Gasteiger charge is 2.13. The predicted molar refractivity (Wildman–Crippen MR) is 71.6 cm³/mol. The topological polar surface area (TPSA) is 50.2 Å². The second-order valence-electron chi connectivity index (χ2n) is 3.31. The standard InChI is InChI=1S/C11H7BrClNO2S/c12-7-3-1-6(2-4-7)11-14-10(13)8(17-11)5-9(15)16/h1-4H,5H2,(H,15,16). The summed E-state index contributed by atoms with van der Waals surface area (Å²) in [7, 11) is 0. The Morgan fingerprint density at radius 1 is 1.41 bits per heavy atom. The molecule has 1 aromatic carbocycles. The largest absolute Gasteiger partial charge is 0.481 e. The zero-order chi connectivity index (χ0) is 12.4. The zero-order valence-corrected chi connectivity index (χ0v) is 11.6. The quantitative estimate of drug-likeness (QED) is 0.928. The van der Waals surface area contributed by atoms with Gasteiger partial charge in [-0.1, -0.05) is 39.7 Å². The highest BCUT2D eigenvalue weighted by atomic mass is 79.9. The first-order chi connectivity index (χ1) is 8.06. The number of aliphatic carboxylic acids is 1. The number of nitrogens with zero attached hydrogens (tertiary/aromatic N) is 1. The van der Waals surface area contributed by atoms with Gasteiger partial charge in [0, 0.05) is 10.0 Å². The third-order valence-corrected chi connectivity index (χ3v) is 4.11. The molecule has 0 aliphatic carbocycles. The van der Waals surface area contributed by atoms with Gasteiger partial charge in [-0.25, -0.2) is 4.98 Å². The van der Waals surface area contributed by atoms with Crippen LogP contribution in [0, 0.1) is 0 Å². The number of carboxylic acids is 1. The molecule has 0 aliphatic heterocycles. The van der Waals surface area contributed by atoms with Crippen LogP contribution in [0.4, 0.5) is 0 Å². The average molecular weight is 333 g/mol. The normalized spacial score (nSPS) is 10.5. The van der Waals surface area contributed by atoms with Crippen LogP contribution >= 0.6 is 38.9 Å². The second-order valence-corrected chi connectivity index (χ2v) is 5.67. The highest BCUT2D eigenvalue weighted by Crippen LogP contribution is 2.31. The van der Waals surface area contributed by atoms with E-state index in [0.717, 1.165) is 15.0 Å². The van der Waals surface area contributed by atoms with Gasteiger partial charge in [-0.2, -0.15) is 0 Å². The van der Waals surface area contributed by atoms with Gasteiger partial charge in [0.05, 0.1) is 11.3 Å². The van der Waals surface area contributed by atoms with Gasteiger partial charge in [-0.15, -0.1) is 11.3 Å². The van der Waals surface area contributed by atoms with Gasteiger partial charge in [0.1, 0.15) is 10.2 Å². The number of carbonyl (C=O) groups is 1. The van der Waals surface area contributed by atoms with Gasteiger partial charge < -0.3 is 5.11 Å². The molecule has 17 heavy (non-hydrogen) atoms. The molecule has 1 aromatic heterocycles. The van der Waals surface area contributed by atoms with Crippen molar-refractivity contribution in [3.05, 3.63) is 38.8 Å². The van der Waals surface area contributed by atoms with E-state index in [1.54, 1.807) is 0 Å². The Kier molecular flexibility index (Phi) is 3.81. The Balaban J connectivity index is 2.34. The number of rotatable bonds is 3. The molecule has 0 saturated carbocycles. The van der Waals surface area contributed by atoms with E-state index in [0.29, 0.717) is 4.88 Å². The lowest BCUT2D eigenvalue weighted by Gasteiger charge is -1.95. The Morgan fingerprint density at radius 3 is 2.65 bits per heavy atom. The van der Waals surface area contributed by atoms with Gasteiger partial charge >= 0.3 is 5.97 Å². The third-order valence-electron chi connectivity index (χ3n) is 2.05. The summed E-state index contributed by atoms with van der Waals surface area (Å²) in [5.74, 6) is -0.905. The molecular formula is C11H7BrClNO2S. The summed E-state index contributed by atoms with van der Waals surface area (Å²) in [5, 5.41) is 9.73. The Labute approximate surface area is 115 Å². The smallest absolute Gasteiger partial charge is 0.308 e. The number of thiazole rings is 1. The summed E-state index contributed by atoms with van der Waals surface area (Å²) < 4.78 is 0.981. The van der Waals surface area contributed by atoms with Crippen molar-refractivity contribution in [3.63, 3.8) is 0 Å². The SMILES string of the molecule is O=C(O)Cc1sc(-c2ccc(Br)cc2)nc1Cl. The lowest BCUT2D eigenvalue weighted by Crippen LogP contribution is -1.97. The molecule has 0 bridgehead atoms.